The van der Waals surface area contributed by atoms with Gasteiger partial charge in [0, 0.05) is 45.4 Å². The Morgan fingerprint density at radius 3 is 0.835 bits per heavy atom. The summed E-state index contributed by atoms with van der Waals surface area (Å²) in [5.41, 5.74) is 1.40. The zero-order valence-corrected chi connectivity index (χ0v) is 50.9. The average Bonchev–Trinajstić information content (AvgIpc) is 3.53. The standard InChI is InChI=1S/C68H120N2O9/c71-54-21-52-70(50-19-12-6-3-9-15-25-65(75)79-58-47-68-42-33-61(34-43-68)35-44-68)53-22-55-76-62(72)26-16-20-51-69(48-17-10-4-1-7-13-23-63(73)77-56-45-66-36-27-59(28-37-66)29-38-66)49-18-11-5-2-8-14-24-64(74)78-57-46-67-39-30-60(31-40-67)32-41-67/h59-61,71H,1-58H2. The minimum absolute atomic E-state index is 0.00412. The topological polar surface area (TPSA) is 132 Å². The summed E-state index contributed by atoms with van der Waals surface area (Å²) in [5, 5.41) is 9.52. The van der Waals surface area contributed by atoms with Gasteiger partial charge in [-0.3, -0.25) is 19.2 Å². The highest BCUT2D eigenvalue weighted by Gasteiger charge is 2.42. The van der Waals surface area contributed by atoms with Crippen LogP contribution in [0, 0.1) is 34.0 Å². The molecule has 9 aliphatic rings. The molecule has 0 aromatic rings. The number of carbonyl (C=O) groups excluding carboxylic acids is 4. The Labute approximate surface area is 483 Å². The molecule has 0 radical (unpaired) electrons. The van der Waals surface area contributed by atoms with Crippen molar-refractivity contribution in [2.75, 3.05) is 72.3 Å². The van der Waals surface area contributed by atoms with Crippen molar-refractivity contribution in [1.29, 1.82) is 0 Å². The highest BCUT2D eigenvalue weighted by molar-refractivity contribution is 5.70. The molecule has 79 heavy (non-hydrogen) atoms. The van der Waals surface area contributed by atoms with Gasteiger partial charge in [0.15, 0.2) is 0 Å². The van der Waals surface area contributed by atoms with Crippen LogP contribution < -0.4 is 0 Å². The van der Waals surface area contributed by atoms with E-state index in [1.165, 1.54) is 173 Å². The largest absolute Gasteiger partial charge is 0.466 e. The minimum atomic E-state index is -0.0916. The fourth-order valence-electron chi connectivity index (χ4n) is 15.6. The summed E-state index contributed by atoms with van der Waals surface area (Å²) in [5.74, 6) is 2.79. The van der Waals surface area contributed by atoms with Crippen LogP contribution in [0.25, 0.3) is 0 Å². The number of aliphatic hydroxyl groups is 1. The molecule has 9 fully saturated rings. The highest BCUT2D eigenvalue weighted by Crippen LogP contribution is 2.54. The lowest BCUT2D eigenvalue weighted by Crippen LogP contribution is -2.35. The van der Waals surface area contributed by atoms with Crippen LogP contribution in [-0.2, 0) is 38.1 Å². The maximum absolute atomic E-state index is 12.8. The molecule has 0 saturated heterocycles. The number of nitrogens with zero attached hydrogens (tertiary/aromatic N) is 2. The van der Waals surface area contributed by atoms with Gasteiger partial charge in [0.25, 0.3) is 0 Å². The number of aliphatic hydroxyl groups excluding tert-OH is 1. The van der Waals surface area contributed by atoms with E-state index < -0.39 is 0 Å². The van der Waals surface area contributed by atoms with Gasteiger partial charge in [-0.15, -0.1) is 0 Å². The number of unbranched alkanes of at least 4 members (excludes halogenated alkanes) is 16. The second-order valence-corrected chi connectivity index (χ2v) is 27.3. The molecule has 11 nitrogen and oxygen atoms in total. The van der Waals surface area contributed by atoms with E-state index in [4.69, 9.17) is 18.9 Å². The van der Waals surface area contributed by atoms with E-state index in [9.17, 15) is 24.3 Å². The summed E-state index contributed by atoms with van der Waals surface area (Å²) in [7, 11) is 0. The van der Waals surface area contributed by atoms with Crippen LogP contribution in [0.2, 0.25) is 0 Å². The summed E-state index contributed by atoms with van der Waals surface area (Å²) in [4.78, 5) is 55.2. The Bertz CT molecular complexity index is 1540. The highest BCUT2D eigenvalue weighted by atomic mass is 16.5. The van der Waals surface area contributed by atoms with Crippen molar-refractivity contribution in [1.82, 2.24) is 9.80 Å². The number of esters is 4. The lowest BCUT2D eigenvalue weighted by atomic mass is 9.59. The molecule has 6 bridgehead atoms. The first-order chi connectivity index (χ1) is 38.6. The molecule has 0 aromatic heterocycles. The third-order valence-electron chi connectivity index (χ3n) is 21.4. The summed E-state index contributed by atoms with van der Waals surface area (Å²) in [6, 6.07) is 0. The smallest absolute Gasteiger partial charge is 0.305 e. The Kier molecular flexibility index (Phi) is 32.2. The van der Waals surface area contributed by atoms with Crippen LogP contribution >= 0.6 is 0 Å². The third-order valence-corrected chi connectivity index (χ3v) is 21.4. The lowest BCUT2D eigenvalue weighted by molar-refractivity contribution is -0.146. The molecule has 11 heteroatoms. The summed E-state index contributed by atoms with van der Waals surface area (Å²) < 4.78 is 22.8. The summed E-state index contributed by atoms with van der Waals surface area (Å²) in [6.45, 7) is 8.39. The van der Waals surface area contributed by atoms with E-state index in [0.717, 1.165) is 160 Å². The quantitative estimate of drug-likeness (QED) is 0.0355. The minimum Gasteiger partial charge on any atom is -0.466 e. The van der Waals surface area contributed by atoms with Gasteiger partial charge in [-0.1, -0.05) is 77.0 Å². The van der Waals surface area contributed by atoms with E-state index in [-0.39, 0.29) is 30.5 Å². The van der Waals surface area contributed by atoms with Crippen LogP contribution in [0.15, 0.2) is 0 Å². The maximum Gasteiger partial charge on any atom is 0.305 e. The zero-order chi connectivity index (χ0) is 55.5. The molecule has 0 aromatic carbocycles. The second kappa shape index (κ2) is 38.6. The van der Waals surface area contributed by atoms with E-state index >= 15 is 0 Å². The van der Waals surface area contributed by atoms with Crippen molar-refractivity contribution in [3.63, 3.8) is 0 Å². The fourth-order valence-corrected chi connectivity index (χ4v) is 15.6. The normalized spacial score (nSPS) is 25.1. The summed E-state index contributed by atoms with van der Waals surface area (Å²) >= 11 is 0. The van der Waals surface area contributed by atoms with Gasteiger partial charge >= 0.3 is 23.9 Å². The van der Waals surface area contributed by atoms with Gasteiger partial charge in [0.2, 0.25) is 0 Å². The monoisotopic (exact) mass is 1110 g/mol. The van der Waals surface area contributed by atoms with Gasteiger partial charge in [-0.25, -0.2) is 0 Å². The van der Waals surface area contributed by atoms with E-state index in [1.54, 1.807) is 0 Å². The van der Waals surface area contributed by atoms with Gasteiger partial charge in [0.1, 0.15) is 0 Å². The van der Waals surface area contributed by atoms with Crippen molar-refractivity contribution >= 4 is 23.9 Å². The number of carbonyl (C=O) groups is 4. The SMILES string of the molecule is O=C(CCCCN(CCCCCCCCC(=O)OCCC12CCC(CC1)CC2)CCCCCCCCC(=O)OCCC12CCC(CC1)CC2)OCCCN(CCCO)CCCCCCCCC(=O)OCCC12CCC(CC1)CC2. The molecule has 0 amide bonds. The summed E-state index contributed by atoms with van der Waals surface area (Å²) in [6.07, 6.45) is 53.4. The Morgan fingerprint density at radius 1 is 0.304 bits per heavy atom. The first-order valence-electron chi connectivity index (χ1n) is 34.3. The Balaban J connectivity index is 0.759. The molecule has 1 N–H and O–H groups in total. The van der Waals surface area contributed by atoms with Crippen LogP contribution in [0.3, 0.4) is 0 Å². The molecule has 0 atom stereocenters. The van der Waals surface area contributed by atoms with Crippen molar-refractivity contribution in [2.24, 2.45) is 34.0 Å². The predicted octanol–water partition coefficient (Wildman–Crippen LogP) is 16.0. The van der Waals surface area contributed by atoms with Crippen LogP contribution in [0.4, 0.5) is 0 Å². The first kappa shape index (κ1) is 65.9. The second-order valence-electron chi connectivity index (χ2n) is 27.3. The van der Waals surface area contributed by atoms with Gasteiger partial charge in [0.05, 0.1) is 26.4 Å². The third kappa shape index (κ3) is 26.9. The maximum atomic E-state index is 12.8. The number of rotatable bonds is 48. The molecular weight excluding hydrogens is 989 g/mol. The van der Waals surface area contributed by atoms with Gasteiger partial charge in [-0.05, 0) is 259 Å². The van der Waals surface area contributed by atoms with Crippen LogP contribution in [-0.4, -0.2) is 111 Å². The first-order valence-corrected chi connectivity index (χ1v) is 34.3. The predicted molar refractivity (Wildman–Crippen MR) is 319 cm³/mol. The van der Waals surface area contributed by atoms with Crippen LogP contribution in [0.1, 0.15) is 302 Å². The number of fused-ring (bicyclic) bond motifs is 9. The average molecular weight is 1110 g/mol. The Hall–Kier alpha value is -2.24. The molecule has 0 heterocycles. The van der Waals surface area contributed by atoms with Crippen molar-refractivity contribution < 1.29 is 43.2 Å². The molecule has 9 aliphatic carbocycles. The molecule has 0 aliphatic heterocycles. The molecule has 9 rings (SSSR count). The van der Waals surface area contributed by atoms with Crippen LogP contribution in [0.5, 0.6) is 0 Å². The van der Waals surface area contributed by atoms with Crippen molar-refractivity contribution in [3.8, 4) is 0 Å². The number of hydrogen-bond donors (Lipinski definition) is 1. The number of ether oxygens (including phenoxy) is 4. The molecular formula is C68H120N2O9. The lowest BCUT2D eigenvalue weighted by Gasteiger charge is -2.46. The fraction of sp³-hybridized carbons (Fsp3) is 0.941. The van der Waals surface area contributed by atoms with Gasteiger partial charge < -0.3 is 33.9 Å². The molecule has 0 unspecified atom stereocenters. The zero-order valence-electron chi connectivity index (χ0n) is 50.9. The van der Waals surface area contributed by atoms with Gasteiger partial charge in [-0.2, -0.15) is 0 Å². The van der Waals surface area contributed by atoms with E-state index in [2.05, 4.69) is 9.80 Å². The molecule has 0 spiro atoms. The number of hydrogen-bond acceptors (Lipinski definition) is 11. The van der Waals surface area contributed by atoms with E-state index in [1.807, 2.05) is 0 Å². The van der Waals surface area contributed by atoms with Crippen molar-refractivity contribution in [2.45, 2.75) is 302 Å². The molecule has 456 valence electrons. The Morgan fingerprint density at radius 2 is 0.532 bits per heavy atom. The molecule has 9 saturated carbocycles. The van der Waals surface area contributed by atoms with E-state index in [0.29, 0.717) is 68.4 Å². The van der Waals surface area contributed by atoms with Crippen molar-refractivity contribution in [3.05, 3.63) is 0 Å².